The lowest BCUT2D eigenvalue weighted by atomic mass is 10.2. The van der Waals surface area contributed by atoms with Crippen LogP contribution in [0, 0.1) is 5.92 Å². The van der Waals surface area contributed by atoms with Crippen molar-refractivity contribution in [1.29, 1.82) is 0 Å². The second kappa shape index (κ2) is 10.8. The molecule has 2 rings (SSSR count). The molecule has 1 aliphatic rings. The van der Waals surface area contributed by atoms with Crippen molar-refractivity contribution in [3.8, 4) is 0 Å². The predicted octanol–water partition coefficient (Wildman–Crippen LogP) is 3.28. The van der Waals surface area contributed by atoms with Gasteiger partial charge in [-0.1, -0.05) is 19.6 Å². The van der Waals surface area contributed by atoms with Gasteiger partial charge >= 0.3 is 12.1 Å². The van der Waals surface area contributed by atoms with Crippen LogP contribution in [0.25, 0.3) is 0 Å². The SMILES string of the molecule is CC(COC[C@@H]1CCCN1c1cnn(COCC[Si](C)(C)C)c(=O)c1C(F)(F)F)C(=O)O. The van der Waals surface area contributed by atoms with Crippen LogP contribution in [0.2, 0.25) is 25.7 Å². The molecular weight excluding hydrogens is 447 g/mol. The Bertz CT molecular complexity index is 841. The summed E-state index contributed by atoms with van der Waals surface area (Å²) in [6, 6.07) is 0.421. The van der Waals surface area contributed by atoms with Gasteiger partial charge in [-0.3, -0.25) is 9.59 Å². The smallest absolute Gasteiger partial charge is 0.423 e. The summed E-state index contributed by atoms with van der Waals surface area (Å²) >= 11 is 0. The van der Waals surface area contributed by atoms with Crippen LogP contribution in [-0.4, -0.2) is 61.3 Å². The number of nitrogens with zero attached hydrogens (tertiary/aromatic N) is 3. The Morgan fingerprint density at radius 1 is 1.34 bits per heavy atom. The summed E-state index contributed by atoms with van der Waals surface area (Å²) in [4.78, 5) is 25.1. The minimum Gasteiger partial charge on any atom is -0.481 e. The summed E-state index contributed by atoms with van der Waals surface area (Å²) in [6.07, 6.45) is -2.60. The van der Waals surface area contributed by atoms with Gasteiger partial charge in [-0.25, -0.2) is 4.68 Å². The number of ether oxygens (including phenoxy) is 2. The molecular formula is C20H32F3N3O5Si. The number of halogens is 3. The van der Waals surface area contributed by atoms with Gasteiger partial charge in [0.05, 0.1) is 37.1 Å². The second-order valence-corrected chi connectivity index (χ2v) is 14.9. The molecule has 1 saturated heterocycles. The van der Waals surface area contributed by atoms with Crippen molar-refractivity contribution in [1.82, 2.24) is 9.78 Å². The van der Waals surface area contributed by atoms with Gasteiger partial charge in [0, 0.05) is 21.2 Å². The molecule has 0 bridgehead atoms. The number of carboxylic acids is 1. The first-order valence-corrected chi connectivity index (χ1v) is 14.3. The molecule has 1 N–H and O–H groups in total. The van der Waals surface area contributed by atoms with Crippen LogP contribution in [0.15, 0.2) is 11.0 Å². The van der Waals surface area contributed by atoms with Crippen molar-refractivity contribution in [3.05, 3.63) is 22.1 Å². The van der Waals surface area contributed by atoms with Gasteiger partial charge in [-0.15, -0.1) is 0 Å². The zero-order valence-electron chi connectivity index (χ0n) is 18.9. The molecule has 12 heteroatoms. The summed E-state index contributed by atoms with van der Waals surface area (Å²) in [5.74, 6) is -1.73. The molecule has 1 fully saturated rings. The van der Waals surface area contributed by atoms with E-state index in [1.807, 2.05) is 0 Å². The number of anilines is 1. The van der Waals surface area contributed by atoms with Crippen LogP contribution in [0.3, 0.4) is 0 Å². The Kier molecular flexibility index (Phi) is 8.88. The molecule has 0 aliphatic carbocycles. The van der Waals surface area contributed by atoms with Crippen molar-refractivity contribution < 1.29 is 32.5 Å². The quantitative estimate of drug-likeness (QED) is 0.385. The van der Waals surface area contributed by atoms with E-state index < -0.39 is 43.3 Å². The lowest BCUT2D eigenvalue weighted by molar-refractivity contribution is -0.143. The number of hydrogen-bond acceptors (Lipinski definition) is 6. The molecule has 1 unspecified atom stereocenters. The molecule has 0 radical (unpaired) electrons. The summed E-state index contributed by atoms with van der Waals surface area (Å²) in [6.45, 7) is 8.30. The first-order chi connectivity index (χ1) is 14.8. The molecule has 2 atom stereocenters. The number of aliphatic carboxylic acids is 1. The fraction of sp³-hybridized carbons (Fsp3) is 0.750. The highest BCUT2D eigenvalue weighted by Crippen LogP contribution is 2.36. The number of aromatic nitrogens is 2. The molecule has 1 aliphatic heterocycles. The third-order valence-corrected chi connectivity index (χ3v) is 7.01. The fourth-order valence-corrected chi connectivity index (χ4v) is 4.12. The average Bonchev–Trinajstić information content (AvgIpc) is 3.12. The highest BCUT2D eigenvalue weighted by molar-refractivity contribution is 6.76. The Morgan fingerprint density at radius 2 is 2.03 bits per heavy atom. The van der Waals surface area contributed by atoms with E-state index in [2.05, 4.69) is 24.7 Å². The Hall–Kier alpha value is -1.92. The van der Waals surface area contributed by atoms with Crippen LogP contribution in [0.5, 0.6) is 0 Å². The summed E-state index contributed by atoms with van der Waals surface area (Å²) in [5, 5.41) is 12.9. The van der Waals surface area contributed by atoms with Gasteiger partial charge < -0.3 is 19.5 Å². The number of carbonyl (C=O) groups is 1. The Labute approximate surface area is 186 Å². The first-order valence-electron chi connectivity index (χ1n) is 10.6. The zero-order chi connectivity index (χ0) is 24.1. The largest absolute Gasteiger partial charge is 0.481 e. The topological polar surface area (TPSA) is 93.9 Å². The van der Waals surface area contributed by atoms with E-state index in [-0.39, 0.29) is 25.6 Å². The first kappa shape index (κ1) is 26.3. The van der Waals surface area contributed by atoms with Gasteiger partial charge in [-0.05, 0) is 25.8 Å². The minimum absolute atomic E-state index is 0.0413. The standard InChI is InChI=1S/C20H32F3N3O5Si/c1-14(19(28)29)11-31-12-15-6-5-7-25(15)16-10-24-26(13-30-8-9-32(2,3)4)18(27)17(16)20(21,22)23/h10,14-15H,5-9,11-13H2,1-4H3,(H,28,29)/t14?,15-/m0/s1. The van der Waals surface area contributed by atoms with Crippen molar-refractivity contribution >= 4 is 19.7 Å². The normalized spacial score (nSPS) is 18.2. The lowest BCUT2D eigenvalue weighted by Gasteiger charge is -2.29. The highest BCUT2D eigenvalue weighted by Gasteiger charge is 2.41. The fourth-order valence-electron chi connectivity index (χ4n) is 3.36. The van der Waals surface area contributed by atoms with Crippen molar-refractivity contribution in [2.24, 2.45) is 5.92 Å². The summed E-state index contributed by atoms with van der Waals surface area (Å²) in [5.41, 5.74) is -2.79. The van der Waals surface area contributed by atoms with Gasteiger partial charge in [0.1, 0.15) is 12.3 Å². The predicted molar refractivity (Wildman–Crippen MR) is 116 cm³/mol. The van der Waals surface area contributed by atoms with E-state index in [1.165, 1.54) is 11.8 Å². The van der Waals surface area contributed by atoms with E-state index in [0.29, 0.717) is 30.7 Å². The molecule has 0 saturated carbocycles. The van der Waals surface area contributed by atoms with Crippen molar-refractivity contribution in [3.63, 3.8) is 0 Å². The Balaban J connectivity index is 2.18. The molecule has 1 aromatic rings. The average molecular weight is 480 g/mol. The number of rotatable bonds is 11. The van der Waals surface area contributed by atoms with Gasteiger partial charge in [0.15, 0.2) is 0 Å². The van der Waals surface area contributed by atoms with Crippen LogP contribution < -0.4 is 10.5 Å². The van der Waals surface area contributed by atoms with E-state index in [0.717, 1.165) is 12.2 Å². The second-order valence-electron chi connectivity index (χ2n) is 9.32. The number of alkyl halides is 3. The summed E-state index contributed by atoms with van der Waals surface area (Å²) in [7, 11) is -1.37. The molecule has 2 heterocycles. The van der Waals surface area contributed by atoms with E-state index in [4.69, 9.17) is 14.6 Å². The van der Waals surface area contributed by atoms with Crippen LogP contribution in [0.4, 0.5) is 18.9 Å². The van der Waals surface area contributed by atoms with Gasteiger partial charge in [0.25, 0.3) is 5.56 Å². The minimum atomic E-state index is -4.86. The molecule has 0 aromatic carbocycles. The zero-order valence-corrected chi connectivity index (χ0v) is 19.9. The lowest BCUT2D eigenvalue weighted by Crippen LogP contribution is -2.39. The van der Waals surface area contributed by atoms with E-state index in [9.17, 15) is 22.8 Å². The summed E-state index contributed by atoms with van der Waals surface area (Å²) < 4.78 is 53.1. The van der Waals surface area contributed by atoms with Crippen LogP contribution in [0.1, 0.15) is 25.3 Å². The van der Waals surface area contributed by atoms with E-state index >= 15 is 0 Å². The molecule has 182 valence electrons. The third-order valence-electron chi connectivity index (χ3n) is 5.30. The maximum atomic E-state index is 13.9. The highest BCUT2D eigenvalue weighted by atomic mass is 28.3. The van der Waals surface area contributed by atoms with Crippen LogP contribution >= 0.6 is 0 Å². The molecule has 0 amide bonds. The number of hydrogen-bond donors (Lipinski definition) is 1. The molecule has 1 aromatic heterocycles. The monoisotopic (exact) mass is 479 g/mol. The van der Waals surface area contributed by atoms with Gasteiger partial charge in [0.2, 0.25) is 0 Å². The van der Waals surface area contributed by atoms with Gasteiger partial charge in [-0.2, -0.15) is 18.3 Å². The van der Waals surface area contributed by atoms with E-state index in [1.54, 1.807) is 0 Å². The van der Waals surface area contributed by atoms with Crippen LogP contribution in [-0.2, 0) is 27.2 Å². The van der Waals surface area contributed by atoms with Crippen molar-refractivity contribution in [2.75, 3.05) is 31.3 Å². The molecule has 8 nitrogen and oxygen atoms in total. The maximum Gasteiger partial charge on any atom is 0.423 e. The molecule has 0 spiro atoms. The van der Waals surface area contributed by atoms with Crippen molar-refractivity contribution in [2.45, 2.75) is 64.4 Å². The Morgan fingerprint density at radius 3 is 2.62 bits per heavy atom. The number of carboxylic acid groups (broad SMARTS) is 1. The third kappa shape index (κ3) is 7.31. The molecule has 32 heavy (non-hydrogen) atoms. The maximum absolute atomic E-state index is 13.9.